The minimum Gasteiger partial charge on any atom is -0.508 e. The van der Waals surface area contributed by atoms with E-state index in [2.05, 4.69) is 36.8 Å². The van der Waals surface area contributed by atoms with Crippen LogP contribution in [0, 0.1) is 20.8 Å². The normalized spacial score (nSPS) is 10.7. The number of aromatic nitrogens is 1. The fourth-order valence-electron chi connectivity index (χ4n) is 2.08. The van der Waals surface area contributed by atoms with Crippen LogP contribution in [-0.4, -0.2) is 9.67 Å². The van der Waals surface area contributed by atoms with Gasteiger partial charge in [-0.15, -0.1) is 0 Å². The van der Waals surface area contributed by atoms with E-state index in [0.717, 1.165) is 17.8 Å². The molecule has 3 nitrogen and oxygen atoms in total. The summed E-state index contributed by atoms with van der Waals surface area (Å²) in [6.45, 7) is 6.95. The summed E-state index contributed by atoms with van der Waals surface area (Å²) in [5, 5.41) is 12.9. The molecule has 0 fully saturated rings. The molecule has 0 amide bonds. The number of aromatic hydroxyl groups is 1. The fraction of sp³-hybridized carbons (Fsp3) is 0.333. The zero-order chi connectivity index (χ0) is 13.3. The zero-order valence-electron chi connectivity index (χ0n) is 11.4. The van der Waals surface area contributed by atoms with Gasteiger partial charge in [-0.2, -0.15) is 0 Å². The number of phenols is 1. The summed E-state index contributed by atoms with van der Waals surface area (Å²) in [6.07, 6.45) is 0. The molecule has 0 saturated carbocycles. The predicted molar refractivity (Wildman–Crippen MR) is 75.1 cm³/mol. The molecule has 2 rings (SSSR count). The largest absolute Gasteiger partial charge is 0.508 e. The van der Waals surface area contributed by atoms with Crippen molar-refractivity contribution in [1.29, 1.82) is 0 Å². The van der Waals surface area contributed by atoms with E-state index < -0.39 is 0 Å². The van der Waals surface area contributed by atoms with Crippen molar-refractivity contribution in [3.63, 3.8) is 0 Å². The van der Waals surface area contributed by atoms with Crippen LogP contribution in [-0.2, 0) is 13.6 Å². The molecule has 0 atom stereocenters. The third-order valence-electron chi connectivity index (χ3n) is 3.56. The van der Waals surface area contributed by atoms with Crippen LogP contribution in [0.1, 0.15) is 22.5 Å². The molecule has 0 spiro atoms. The van der Waals surface area contributed by atoms with Gasteiger partial charge in [-0.3, -0.25) is 0 Å². The van der Waals surface area contributed by atoms with Gasteiger partial charge in [0.05, 0.1) is 0 Å². The van der Waals surface area contributed by atoms with Crippen LogP contribution in [0.4, 0.5) is 5.69 Å². The predicted octanol–water partition coefficient (Wildman–Crippen LogP) is 3.27. The first-order chi connectivity index (χ1) is 8.49. The molecule has 0 saturated heterocycles. The van der Waals surface area contributed by atoms with E-state index in [0.29, 0.717) is 5.75 Å². The second-order valence-corrected chi connectivity index (χ2v) is 4.81. The quantitative estimate of drug-likeness (QED) is 0.813. The number of anilines is 1. The standard InChI is InChI=1S/C15H20N2O/c1-10-7-14(5-6-15(10)18)16-9-13-8-11(2)17(4)12(13)3/h5-8,16,18H,9H2,1-4H3. The first-order valence-corrected chi connectivity index (χ1v) is 6.14. The van der Waals surface area contributed by atoms with Crippen molar-refractivity contribution in [2.45, 2.75) is 27.3 Å². The summed E-state index contributed by atoms with van der Waals surface area (Å²) in [4.78, 5) is 0. The Kier molecular flexibility index (Phi) is 3.32. The van der Waals surface area contributed by atoms with Gasteiger partial charge in [0.1, 0.15) is 5.75 Å². The highest BCUT2D eigenvalue weighted by atomic mass is 16.3. The second kappa shape index (κ2) is 4.77. The summed E-state index contributed by atoms with van der Waals surface area (Å²) in [5.74, 6) is 0.340. The molecule has 3 heteroatoms. The van der Waals surface area contributed by atoms with Gasteiger partial charge in [-0.25, -0.2) is 0 Å². The highest BCUT2D eigenvalue weighted by Gasteiger charge is 2.06. The molecular formula is C15H20N2O. The van der Waals surface area contributed by atoms with E-state index >= 15 is 0 Å². The number of hydrogen-bond acceptors (Lipinski definition) is 2. The smallest absolute Gasteiger partial charge is 0.118 e. The molecule has 1 aromatic heterocycles. The van der Waals surface area contributed by atoms with Crippen molar-refractivity contribution in [3.8, 4) is 5.75 Å². The van der Waals surface area contributed by atoms with Crippen molar-refractivity contribution in [1.82, 2.24) is 4.57 Å². The van der Waals surface area contributed by atoms with Crippen molar-refractivity contribution >= 4 is 5.69 Å². The maximum Gasteiger partial charge on any atom is 0.118 e. The van der Waals surface area contributed by atoms with Crippen LogP contribution < -0.4 is 5.32 Å². The monoisotopic (exact) mass is 244 g/mol. The second-order valence-electron chi connectivity index (χ2n) is 4.81. The van der Waals surface area contributed by atoms with Crippen LogP contribution in [0.15, 0.2) is 24.3 Å². The highest BCUT2D eigenvalue weighted by Crippen LogP contribution is 2.21. The molecule has 2 aromatic rings. The first kappa shape index (κ1) is 12.6. The number of nitrogens with one attached hydrogen (secondary N) is 1. The van der Waals surface area contributed by atoms with Gasteiger partial charge in [0.2, 0.25) is 0 Å². The minimum absolute atomic E-state index is 0.340. The average Bonchev–Trinajstić information content (AvgIpc) is 2.58. The molecule has 1 heterocycles. The zero-order valence-corrected chi connectivity index (χ0v) is 11.4. The highest BCUT2D eigenvalue weighted by molar-refractivity contribution is 5.50. The summed E-state index contributed by atoms with van der Waals surface area (Å²) in [7, 11) is 2.08. The van der Waals surface area contributed by atoms with Crippen LogP contribution >= 0.6 is 0 Å². The van der Waals surface area contributed by atoms with Crippen LogP contribution in [0.3, 0.4) is 0 Å². The van der Waals surface area contributed by atoms with Crippen LogP contribution in [0.5, 0.6) is 5.75 Å². The lowest BCUT2D eigenvalue weighted by atomic mass is 10.2. The summed E-state index contributed by atoms with van der Waals surface area (Å²) in [5.41, 5.74) is 5.79. The van der Waals surface area contributed by atoms with Crippen molar-refractivity contribution < 1.29 is 5.11 Å². The summed E-state index contributed by atoms with van der Waals surface area (Å²) < 4.78 is 2.19. The minimum atomic E-state index is 0.340. The molecule has 0 bridgehead atoms. The van der Waals surface area contributed by atoms with Gasteiger partial charge in [0.15, 0.2) is 0 Å². The third kappa shape index (κ3) is 2.35. The van der Waals surface area contributed by atoms with E-state index in [4.69, 9.17) is 0 Å². The maximum absolute atomic E-state index is 9.48. The number of aryl methyl sites for hydroxylation is 2. The van der Waals surface area contributed by atoms with Gasteiger partial charge in [0, 0.05) is 30.7 Å². The van der Waals surface area contributed by atoms with Crippen molar-refractivity contribution in [2.24, 2.45) is 7.05 Å². The molecule has 0 aliphatic rings. The molecule has 18 heavy (non-hydrogen) atoms. The van der Waals surface area contributed by atoms with Gasteiger partial charge < -0.3 is 15.0 Å². The Bertz CT molecular complexity index is 570. The van der Waals surface area contributed by atoms with Crippen LogP contribution in [0.2, 0.25) is 0 Å². The van der Waals surface area contributed by atoms with E-state index in [-0.39, 0.29) is 0 Å². The number of nitrogens with zero attached hydrogens (tertiary/aromatic N) is 1. The van der Waals surface area contributed by atoms with E-state index in [1.165, 1.54) is 17.0 Å². The SMILES string of the molecule is Cc1cc(NCc2cc(C)n(C)c2C)ccc1O. The Morgan fingerprint density at radius 1 is 1.17 bits per heavy atom. The average molecular weight is 244 g/mol. The third-order valence-corrected chi connectivity index (χ3v) is 3.56. The molecule has 0 aliphatic heterocycles. The Balaban J connectivity index is 2.11. The maximum atomic E-state index is 9.48. The molecular weight excluding hydrogens is 224 g/mol. The van der Waals surface area contributed by atoms with Gasteiger partial charge >= 0.3 is 0 Å². The molecule has 0 aliphatic carbocycles. The molecule has 96 valence electrons. The molecule has 1 aromatic carbocycles. The lowest BCUT2D eigenvalue weighted by Crippen LogP contribution is -2.01. The Labute approximate surface area is 108 Å². The number of rotatable bonds is 3. The Morgan fingerprint density at radius 3 is 2.44 bits per heavy atom. The van der Waals surface area contributed by atoms with Crippen LogP contribution in [0.25, 0.3) is 0 Å². The topological polar surface area (TPSA) is 37.2 Å². The van der Waals surface area contributed by atoms with E-state index in [1.54, 1.807) is 6.07 Å². The lowest BCUT2D eigenvalue weighted by molar-refractivity contribution is 0.471. The van der Waals surface area contributed by atoms with Gasteiger partial charge in [-0.05, 0) is 56.2 Å². The van der Waals surface area contributed by atoms with Crippen molar-refractivity contribution in [2.75, 3.05) is 5.32 Å². The van der Waals surface area contributed by atoms with Gasteiger partial charge in [-0.1, -0.05) is 0 Å². The number of benzene rings is 1. The lowest BCUT2D eigenvalue weighted by Gasteiger charge is -2.08. The molecule has 0 unspecified atom stereocenters. The first-order valence-electron chi connectivity index (χ1n) is 6.14. The molecule has 0 radical (unpaired) electrons. The van der Waals surface area contributed by atoms with E-state index in [9.17, 15) is 5.11 Å². The van der Waals surface area contributed by atoms with E-state index in [1.807, 2.05) is 19.1 Å². The van der Waals surface area contributed by atoms with Crippen molar-refractivity contribution in [3.05, 3.63) is 46.8 Å². The Hall–Kier alpha value is -1.90. The molecule has 2 N–H and O–H groups in total. The number of phenolic OH excluding ortho intramolecular Hbond substituents is 1. The Morgan fingerprint density at radius 2 is 1.89 bits per heavy atom. The fourth-order valence-corrected chi connectivity index (χ4v) is 2.08. The van der Waals surface area contributed by atoms with Gasteiger partial charge in [0.25, 0.3) is 0 Å². The summed E-state index contributed by atoms with van der Waals surface area (Å²) >= 11 is 0. The summed E-state index contributed by atoms with van der Waals surface area (Å²) in [6, 6.07) is 7.78. The number of hydrogen-bond donors (Lipinski definition) is 2.